The maximum absolute atomic E-state index is 11.9. The summed E-state index contributed by atoms with van der Waals surface area (Å²) in [6, 6.07) is 0. The smallest absolute Gasteiger partial charge is 0.311 e. The number of rotatable bonds is 69. The van der Waals surface area contributed by atoms with E-state index in [-0.39, 0.29) is 57.6 Å². The van der Waals surface area contributed by atoms with Crippen LogP contribution in [0.2, 0.25) is 0 Å². The van der Waals surface area contributed by atoms with Crippen molar-refractivity contribution in [3.63, 3.8) is 0 Å². The van der Waals surface area contributed by atoms with Gasteiger partial charge in [-0.2, -0.15) is 0 Å². The van der Waals surface area contributed by atoms with Gasteiger partial charge >= 0.3 is 29.5 Å². The van der Waals surface area contributed by atoms with Gasteiger partial charge in [0.2, 0.25) is 30.5 Å². The molecule has 0 aromatic rings. The van der Waals surface area contributed by atoms with Gasteiger partial charge in [0.05, 0.1) is 0 Å². The van der Waals surface area contributed by atoms with Crippen LogP contribution in [0.25, 0.3) is 0 Å². The molecule has 0 spiro atoms. The second-order valence-corrected chi connectivity index (χ2v) is 34.8. The molecule has 0 bridgehead atoms. The van der Waals surface area contributed by atoms with Crippen LogP contribution in [0.4, 0.5) is 0 Å². The molecule has 5 aliphatic heterocycles. The molecule has 0 saturated heterocycles. The topological polar surface area (TPSA) is 255 Å². The van der Waals surface area contributed by atoms with Crippen LogP contribution in [0.3, 0.4) is 0 Å². The fourth-order valence-corrected chi connectivity index (χ4v) is 16.2. The predicted molar refractivity (Wildman–Crippen MR) is 457 cm³/mol. The van der Waals surface area contributed by atoms with Crippen LogP contribution >= 0.6 is 0 Å². The molecular weight excluding hydrogens is 1410 g/mol. The van der Waals surface area contributed by atoms with Gasteiger partial charge in [0.15, 0.2) is 0 Å². The number of amides is 5. The molecule has 112 heavy (non-hydrogen) atoms. The summed E-state index contributed by atoms with van der Waals surface area (Å²) in [5, 5.41) is 34.4. The molecule has 5 aliphatic rings. The third kappa shape index (κ3) is 50.7. The first-order chi connectivity index (χ1) is 54.5. The molecule has 5 rings (SSSR count). The fraction of sp³-hybridized carbons (Fsp3) is 0.946. The molecular formula is C92H174N10O10. The molecule has 0 radical (unpaired) electrons. The predicted octanol–water partition coefficient (Wildman–Crippen LogP) is 30.8. The lowest BCUT2D eigenvalue weighted by molar-refractivity contribution is -0.133. The second-order valence-electron chi connectivity index (χ2n) is 34.8. The van der Waals surface area contributed by atoms with Crippen LogP contribution in [-0.4, -0.2) is 60.1 Å². The summed E-state index contributed by atoms with van der Waals surface area (Å²) in [6.45, 7) is 28.2. The van der Waals surface area contributed by atoms with Gasteiger partial charge in [-0.05, 0) is 57.8 Å². The molecule has 0 aromatic carbocycles. The minimum Gasteiger partial charge on any atom is -0.365 e. The summed E-state index contributed by atoms with van der Waals surface area (Å²) < 4.78 is 0. The Hall–Kier alpha value is -4.65. The molecule has 8 unspecified atom stereocenters. The Morgan fingerprint density at radius 2 is 0.527 bits per heavy atom. The van der Waals surface area contributed by atoms with Gasteiger partial charge in [-0.25, -0.2) is 0 Å². The van der Waals surface area contributed by atoms with E-state index in [9.17, 15) is 24.0 Å². The quantitative estimate of drug-likeness (QED) is 0.0520. The number of carbonyl (C=O) groups excluding carboxylic acids is 5. The zero-order valence-corrected chi connectivity index (χ0v) is 74.9. The number of hydrogen-bond donors (Lipinski definition) is 0. The minimum absolute atomic E-state index is 0.0835. The van der Waals surface area contributed by atoms with E-state index < -0.39 is 30.5 Å². The summed E-state index contributed by atoms with van der Waals surface area (Å²) in [4.78, 5) is 83.5. The Bertz CT molecular complexity index is 2440. The van der Waals surface area contributed by atoms with E-state index in [0.29, 0.717) is 0 Å². The number of unbranched alkanes of at least 4 members (excludes halogenated alkanes) is 50. The Morgan fingerprint density at radius 1 is 0.268 bits per heavy atom. The molecule has 0 aliphatic carbocycles. The first-order valence-corrected chi connectivity index (χ1v) is 47.5. The van der Waals surface area contributed by atoms with E-state index in [0.717, 1.165) is 70.6 Å². The zero-order chi connectivity index (χ0) is 82.3. The van der Waals surface area contributed by atoms with Gasteiger partial charge in [0.25, 0.3) is 0 Å². The lowest BCUT2D eigenvalue weighted by Gasteiger charge is -2.33. The van der Waals surface area contributed by atoms with Gasteiger partial charge in [-0.1, -0.05) is 469 Å². The van der Waals surface area contributed by atoms with Gasteiger partial charge < -0.3 is 24.2 Å². The summed E-state index contributed by atoms with van der Waals surface area (Å²) in [6.07, 6.45) is 80.7. The summed E-state index contributed by atoms with van der Waals surface area (Å²) in [5.41, 5.74) is -0.375. The Labute approximate surface area is 685 Å². The van der Waals surface area contributed by atoms with Crippen LogP contribution < -0.4 is 0 Å². The van der Waals surface area contributed by atoms with E-state index in [1.54, 1.807) is 0 Å². The highest BCUT2D eigenvalue weighted by atomic mass is 16.7. The Kier molecular flexibility index (Phi) is 67.4. The van der Waals surface area contributed by atoms with Crippen LogP contribution in [0.5, 0.6) is 0 Å². The van der Waals surface area contributed by atoms with Gasteiger partial charge in [-0.3, -0.25) is 24.0 Å². The van der Waals surface area contributed by atoms with E-state index in [4.69, 9.17) is 24.2 Å². The zero-order valence-electron chi connectivity index (χ0n) is 74.9. The highest BCUT2D eigenvalue weighted by molar-refractivity contribution is 5.84. The van der Waals surface area contributed by atoms with Gasteiger partial charge in [-0.15, -0.1) is 0 Å². The maximum Gasteiger partial charge on any atom is 0.311 e. The van der Waals surface area contributed by atoms with Crippen LogP contribution in [0.15, 0.2) is 52.0 Å². The van der Waals surface area contributed by atoms with Crippen molar-refractivity contribution in [3.8, 4) is 0 Å². The molecule has 0 fully saturated rings. The van der Waals surface area contributed by atoms with Crippen molar-refractivity contribution < 1.29 is 48.2 Å². The minimum atomic E-state index is -0.476. The van der Waals surface area contributed by atoms with Crippen molar-refractivity contribution in [1.29, 1.82) is 0 Å². The molecule has 20 nitrogen and oxygen atoms in total. The normalized spacial score (nSPS) is 18.5. The lowest BCUT2D eigenvalue weighted by Crippen LogP contribution is -2.38. The Balaban J connectivity index is 0.000000700. The average Bonchev–Trinajstić information content (AvgIpc) is 1.73. The number of hydrogen-bond acceptors (Lipinski definition) is 15. The van der Waals surface area contributed by atoms with Crippen LogP contribution in [0.1, 0.15) is 501 Å². The largest absolute Gasteiger partial charge is 0.365 e. The molecule has 0 saturated carbocycles. The summed E-state index contributed by atoms with van der Waals surface area (Å²) in [5.74, 6) is -0.542. The lowest BCUT2D eigenvalue weighted by atomic mass is 9.73. The number of nitrogens with zero attached hydrogens (tertiary/aromatic N) is 10. The van der Waals surface area contributed by atoms with Crippen molar-refractivity contribution in [1.82, 2.24) is 0 Å². The van der Waals surface area contributed by atoms with Crippen molar-refractivity contribution in [3.05, 3.63) is 0 Å². The maximum atomic E-state index is 11.9. The average molecular weight is 1580 g/mol. The standard InChI is InChI=1S/C20H38N2O2.C19H36N2O2.2C18H34N2O2.C17H32N2O2/c1-4-7-8-9-10-11-12-13-14-15-16-17-20(5-2,6-3)18-19(23)21-22-24-18;1-4-6-7-8-9-10-11-12-13-14-15-16-19(3,5-2)17-18(22)20-21-23-17;1-4-5-6-7-8-9-10-11-12-13-14-15-18(2,3)16-17(21)19-20-22-16;1-3-5-6-7-8-9-10-11-12-13-14-15-16(4-2)17-18(21)19-20-22-17;1-3-4-5-6-7-8-9-10-11-12-13-14-15(2)16-17(20)18-19-21-16/h18H,4-17H2,1-3H3;17H,4-16H2,1-3H3;16H,4-15H2,1-3H3;16-17H,3-15H2,1-2H3;15-16H,3-14H2,1-2H3. The fourth-order valence-electron chi connectivity index (χ4n) is 16.2. The van der Waals surface area contributed by atoms with Crippen molar-refractivity contribution in [2.24, 2.45) is 80.0 Å². The molecule has 0 aromatic heterocycles. The SMILES string of the molecule is CCCCCCCCCCCCCC(C)(C)C1ON=NC1=O.CCCCCCCCCCCCCC(C)(CC)C1ON=NC1=O.CCCCCCCCCCCCCC(C)C1ON=NC1=O.CCCCCCCCCCCCCC(CC)(CC)C1ON=NC1=O.CCCCCCCCCCCCCC(CC)C1ON=NC1=O. The third-order valence-corrected chi connectivity index (χ3v) is 24.7. The molecule has 20 heteroatoms. The van der Waals surface area contributed by atoms with Gasteiger partial charge in [0, 0.05) is 54.5 Å². The van der Waals surface area contributed by atoms with Crippen LogP contribution in [-0.2, 0) is 48.2 Å². The van der Waals surface area contributed by atoms with Crippen molar-refractivity contribution in [2.75, 3.05) is 0 Å². The van der Waals surface area contributed by atoms with E-state index in [1.807, 2.05) is 0 Å². The molecule has 8 atom stereocenters. The van der Waals surface area contributed by atoms with Gasteiger partial charge in [0.1, 0.15) is 0 Å². The number of carbonyl (C=O) groups is 5. The second kappa shape index (κ2) is 71.6. The summed E-state index contributed by atoms with van der Waals surface area (Å²) >= 11 is 0. The first kappa shape index (κ1) is 105. The monoisotopic (exact) mass is 1580 g/mol. The Morgan fingerprint density at radius 3 is 0.812 bits per heavy atom. The van der Waals surface area contributed by atoms with Crippen molar-refractivity contribution >= 4 is 29.5 Å². The van der Waals surface area contributed by atoms with E-state index in [2.05, 4.69) is 142 Å². The molecule has 0 N–H and O–H groups in total. The first-order valence-electron chi connectivity index (χ1n) is 47.5. The van der Waals surface area contributed by atoms with E-state index >= 15 is 0 Å². The highest BCUT2D eigenvalue weighted by Gasteiger charge is 2.46. The molecule has 652 valence electrons. The van der Waals surface area contributed by atoms with Crippen molar-refractivity contribution in [2.45, 2.75) is 531 Å². The molecule has 5 heterocycles. The molecule has 5 amide bonds. The third-order valence-electron chi connectivity index (χ3n) is 24.7. The van der Waals surface area contributed by atoms with Crippen LogP contribution in [0, 0.1) is 28.1 Å². The summed E-state index contributed by atoms with van der Waals surface area (Å²) in [7, 11) is 0. The van der Waals surface area contributed by atoms with E-state index in [1.165, 1.54) is 340 Å². The highest BCUT2D eigenvalue weighted by Crippen LogP contribution is 2.42.